The van der Waals surface area contributed by atoms with E-state index in [0.717, 1.165) is 28.2 Å². The van der Waals surface area contributed by atoms with Gasteiger partial charge in [-0.1, -0.05) is 30.0 Å². The molecule has 0 aromatic carbocycles. The SMILES string of the molecule is CCCNc1nnc(SCCCn2c(=O)c3c(ncn3C)n(C)c2=O)s1. The number of nitrogens with one attached hydrogen (secondary N) is 1. The quantitative estimate of drug-likeness (QED) is 0.453. The maximum atomic E-state index is 12.6. The lowest BCUT2D eigenvalue weighted by Gasteiger charge is -2.08. The topological polar surface area (TPSA) is 99.6 Å². The van der Waals surface area contributed by atoms with Crippen molar-refractivity contribution in [1.29, 1.82) is 0 Å². The molecule has 0 fully saturated rings. The molecule has 0 aliphatic carbocycles. The summed E-state index contributed by atoms with van der Waals surface area (Å²) in [6, 6.07) is 0. The molecule has 3 rings (SSSR count). The van der Waals surface area contributed by atoms with E-state index in [4.69, 9.17) is 0 Å². The Balaban J connectivity index is 1.65. The third kappa shape index (κ3) is 3.68. The first-order valence-electron chi connectivity index (χ1n) is 8.34. The zero-order valence-electron chi connectivity index (χ0n) is 14.9. The molecule has 3 aromatic heterocycles. The molecular formula is C15H21N7O2S2. The van der Waals surface area contributed by atoms with Crippen LogP contribution in [0.3, 0.4) is 0 Å². The van der Waals surface area contributed by atoms with Gasteiger partial charge in [0.2, 0.25) is 5.13 Å². The summed E-state index contributed by atoms with van der Waals surface area (Å²) in [5.41, 5.74) is 0.216. The summed E-state index contributed by atoms with van der Waals surface area (Å²) in [5, 5.41) is 12.2. The van der Waals surface area contributed by atoms with Crippen LogP contribution in [-0.2, 0) is 20.6 Å². The van der Waals surface area contributed by atoms with Crippen molar-refractivity contribution < 1.29 is 0 Å². The molecule has 11 heteroatoms. The molecule has 3 heterocycles. The summed E-state index contributed by atoms with van der Waals surface area (Å²) < 4.78 is 5.22. The largest absolute Gasteiger partial charge is 0.360 e. The summed E-state index contributed by atoms with van der Waals surface area (Å²) in [4.78, 5) is 29.2. The number of fused-ring (bicyclic) bond motifs is 1. The van der Waals surface area contributed by atoms with Gasteiger partial charge in [-0.3, -0.25) is 13.9 Å². The number of imidazole rings is 1. The Labute approximate surface area is 158 Å². The predicted molar refractivity (Wildman–Crippen MR) is 104 cm³/mol. The molecular weight excluding hydrogens is 374 g/mol. The molecule has 0 saturated heterocycles. The van der Waals surface area contributed by atoms with Crippen molar-refractivity contribution in [3.05, 3.63) is 27.2 Å². The molecule has 0 unspecified atom stereocenters. The number of thioether (sulfide) groups is 1. The first-order chi connectivity index (χ1) is 12.5. The first kappa shape index (κ1) is 18.6. The Morgan fingerprint density at radius 2 is 2.08 bits per heavy atom. The van der Waals surface area contributed by atoms with Gasteiger partial charge in [0.15, 0.2) is 15.5 Å². The Kier molecular flexibility index (Phi) is 5.77. The minimum atomic E-state index is -0.340. The standard InChI is InChI=1S/C15H21N7O2S2/c1-4-6-16-13-18-19-14(26-13)25-8-5-7-22-12(23)10-11(17-9-20(10)2)21(3)15(22)24/h9H,4-8H2,1-3H3,(H,16,18). The monoisotopic (exact) mass is 395 g/mol. The van der Waals surface area contributed by atoms with E-state index in [1.807, 2.05) is 0 Å². The van der Waals surface area contributed by atoms with Gasteiger partial charge < -0.3 is 9.88 Å². The fraction of sp³-hybridized carbons (Fsp3) is 0.533. The number of anilines is 1. The van der Waals surface area contributed by atoms with Gasteiger partial charge in [-0.05, 0) is 12.8 Å². The molecule has 0 atom stereocenters. The molecule has 0 spiro atoms. The van der Waals surface area contributed by atoms with Crippen molar-refractivity contribution in [3.8, 4) is 0 Å². The van der Waals surface area contributed by atoms with Crippen LogP contribution >= 0.6 is 23.1 Å². The summed E-state index contributed by atoms with van der Waals surface area (Å²) in [5.74, 6) is 0.751. The number of rotatable bonds is 8. The lowest BCUT2D eigenvalue weighted by atomic mass is 10.4. The van der Waals surface area contributed by atoms with E-state index in [0.29, 0.717) is 24.1 Å². The molecule has 26 heavy (non-hydrogen) atoms. The predicted octanol–water partition coefficient (Wildman–Crippen LogP) is 1.29. The van der Waals surface area contributed by atoms with E-state index in [1.54, 1.807) is 36.8 Å². The Hall–Kier alpha value is -2.14. The number of nitrogens with zero attached hydrogens (tertiary/aromatic N) is 6. The van der Waals surface area contributed by atoms with Crippen LogP contribution < -0.4 is 16.6 Å². The zero-order valence-corrected chi connectivity index (χ0v) is 16.6. The number of aryl methyl sites for hydroxylation is 2. The lowest BCUT2D eigenvalue weighted by molar-refractivity contribution is 0.594. The van der Waals surface area contributed by atoms with Crippen LogP contribution in [0.5, 0.6) is 0 Å². The highest BCUT2D eigenvalue weighted by atomic mass is 32.2. The van der Waals surface area contributed by atoms with Gasteiger partial charge >= 0.3 is 5.69 Å². The number of aromatic nitrogens is 6. The van der Waals surface area contributed by atoms with Crippen LogP contribution in [0.25, 0.3) is 11.2 Å². The van der Waals surface area contributed by atoms with Crippen molar-refractivity contribution in [3.63, 3.8) is 0 Å². The Bertz CT molecular complexity index is 1020. The minimum absolute atomic E-state index is 0.296. The van der Waals surface area contributed by atoms with E-state index in [9.17, 15) is 9.59 Å². The van der Waals surface area contributed by atoms with Gasteiger partial charge in [-0.25, -0.2) is 9.78 Å². The first-order valence-corrected chi connectivity index (χ1v) is 10.1. The molecule has 9 nitrogen and oxygen atoms in total. The maximum Gasteiger partial charge on any atom is 0.332 e. The molecule has 0 radical (unpaired) electrons. The smallest absolute Gasteiger partial charge is 0.332 e. The minimum Gasteiger partial charge on any atom is -0.360 e. The summed E-state index contributed by atoms with van der Waals surface area (Å²) in [6.07, 6.45) is 3.26. The second-order valence-electron chi connectivity index (χ2n) is 5.83. The van der Waals surface area contributed by atoms with Crippen LogP contribution in [0.2, 0.25) is 0 Å². The Morgan fingerprint density at radius 3 is 2.85 bits per heavy atom. The average Bonchev–Trinajstić information content (AvgIpc) is 3.24. The van der Waals surface area contributed by atoms with Crippen molar-refractivity contribution in [1.82, 2.24) is 28.9 Å². The number of hydrogen-bond acceptors (Lipinski definition) is 8. The molecule has 0 bridgehead atoms. The average molecular weight is 396 g/mol. The van der Waals surface area contributed by atoms with E-state index in [-0.39, 0.29) is 11.2 Å². The summed E-state index contributed by atoms with van der Waals surface area (Å²) in [6.45, 7) is 3.33. The van der Waals surface area contributed by atoms with Crippen LogP contribution in [0.4, 0.5) is 5.13 Å². The summed E-state index contributed by atoms with van der Waals surface area (Å²) >= 11 is 3.10. The molecule has 0 saturated carbocycles. The van der Waals surface area contributed by atoms with Crippen molar-refractivity contribution in [2.24, 2.45) is 14.1 Å². The molecule has 0 aliphatic heterocycles. The van der Waals surface area contributed by atoms with E-state index in [1.165, 1.54) is 20.5 Å². The van der Waals surface area contributed by atoms with Crippen LogP contribution in [-0.4, -0.2) is 41.2 Å². The zero-order chi connectivity index (χ0) is 18.7. The third-order valence-corrected chi connectivity index (χ3v) is 5.99. The van der Waals surface area contributed by atoms with Gasteiger partial charge in [0.25, 0.3) is 5.56 Å². The van der Waals surface area contributed by atoms with Crippen LogP contribution in [0.1, 0.15) is 19.8 Å². The summed E-state index contributed by atoms with van der Waals surface area (Å²) in [7, 11) is 3.38. The fourth-order valence-electron chi connectivity index (χ4n) is 2.55. The molecule has 0 aliphatic rings. The van der Waals surface area contributed by atoms with Gasteiger partial charge in [-0.15, -0.1) is 10.2 Å². The van der Waals surface area contributed by atoms with Crippen molar-refractivity contribution >= 4 is 39.4 Å². The van der Waals surface area contributed by atoms with Crippen LogP contribution in [0.15, 0.2) is 20.3 Å². The highest BCUT2D eigenvalue weighted by molar-refractivity contribution is 8.01. The fourth-order valence-corrected chi connectivity index (χ4v) is 4.32. The van der Waals surface area contributed by atoms with E-state index >= 15 is 0 Å². The Morgan fingerprint density at radius 1 is 1.27 bits per heavy atom. The van der Waals surface area contributed by atoms with Gasteiger partial charge in [0, 0.05) is 32.9 Å². The molecule has 0 amide bonds. The van der Waals surface area contributed by atoms with Gasteiger partial charge in [0.1, 0.15) is 0 Å². The molecule has 140 valence electrons. The van der Waals surface area contributed by atoms with Gasteiger partial charge in [0.05, 0.1) is 6.33 Å². The van der Waals surface area contributed by atoms with Crippen molar-refractivity contribution in [2.75, 3.05) is 17.6 Å². The highest BCUT2D eigenvalue weighted by Gasteiger charge is 2.14. The molecule has 3 aromatic rings. The lowest BCUT2D eigenvalue weighted by Crippen LogP contribution is -2.39. The normalized spacial score (nSPS) is 11.3. The van der Waals surface area contributed by atoms with Gasteiger partial charge in [-0.2, -0.15) is 0 Å². The third-order valence-electron chi connectivity index (χ3n) is 3.89. The molecule has 1 N–H and O–H groups in total. The second kappa shape index (κ2) is 8.04. The van der Waals surface area contributed by atoms with Crippen molar-refractivity contribution in [2.45, 2.75) is 30.6 Å². The van der Waals surface area contributed by atoms with E-state index < -0.39 is 0 Å². The second-order valence-corrected chi connectivity index (χ2v) is 8.15. The van der Waals surface area contributed by atoms with E-state index in [2.05, 4.69) is 27.4 Å². The highest BCUT2D eigenvalue weighted by Crippen LogP contribution is 2.25. The van der Waals surface area contributed by atoms with Crippen LogP contribution in [0, 0.1) is 0 Å². The number of hydrogen-bond donors (Lipinski definition) is 1. The maximum absolute atomic E-state index is 12.6.